The number of allylic oxidation sites excluding steroid dienone is 1. The van der Waals surface area contributed by atoms with E-state index in [0.29, 0.717) is 27.6 Å². The van der Waals surface area contributed by atoms with Crippen LogP contribution in [-0.4, -0.2) is 47.5 Å². The zero-order valence-corrected chi connectivity index (χ0v) is 24.1. The van der Waals surface area contributed by atoms with Crippen LogP contribution in [0.2, 0.25) is 0 Å². The Morgan fingerprint density at radius 3 is 2.51 bits per heavy atom. The fourth-order valence-electron chi connectivity index (χ4n) is 4.46. The number of phenols is 1. The molecule has 41 heavy (non-hydrogen) atoms. The molecule has 12 nitrogen and oxygen atoms in total. The summed E-state index contributed by atoms with van der Waals surface area (Å²) >= 11 is 1.05. The average molecular weight is 584 g/mol. The molecule has 1 atom stereocenters. The molecule has 1 aliphatic heterocycles. The number of rotatable bonds is 9. The largest absolute Gasteiger partial charge is 0.500 e. The smallest absolute Gasteiger partial charge is 0.338 e. The number of benzene rings is 2. The number of methoxy groups -OCH3 is 2. The van der Waals surface area contributed by atoms with Gasteiger partial charge in [-0.2, -0.15) is 0 Å². The Bertz CT molecular complexity index is 1740. The van der Waals surface area contributed by atoms with Gasteiger partial charge in [0.05, 0.1) is 53.7 Å². The summed E-state index contributed by atoms with van der Waals surface area (Å²) < 4.78 is 23.4. The van der Waals surface area contributed by atoms with Crippen LogP contribution in [-0.2, 0) is 9.53 Å². The summed E-state index contributed by atoms with van der Waals surface area (Å²) in [6.45, 7) is 7.24. The lowest BCUT2D eigenvalue weighted by molar-refractivity contribution is -0.386. The second kappa shape index (κ2) is 11.8. The first-order chi connectivity index (χ1) is 19.5. The molecule has 1 aromatic heterocycles. The molecule has 0 amide bonds. The Kier molecular flexibility index (Phi) is 8.47. The Morgan fingerprint density at radius 1 is 1.20 bits per heavy atom. The van der Waals surface area contributed by atoms with Gasteiger partial charge in [0.25, 0.3) is 5.56 Å². The van der Waals surface area contributed by atoms with Crippen molar-refractivity contribution in [1.82, 2.24) is 4.57 Å². The fraction of sp³-hybridized carbons (Fsp3) is 0.321. The number of fused-ring (bicyclic) bond motifs is 1. The minimum Gasteiger partial charge on any atom is -0.500 e. The predicted octanol–water partition coefficient (Wildman–Crippen LogP) is 3.22. The molecule has 0 radical (unpaired) electrons. The molecule has 4 rings (SSSR count). The van der Waals surface area contributed by atoms with Gasteiger partial charge in [-0.05, 0) is 63.1 Å². The molecule has 0 unspecified atom stereocenters. The molecule has 13 heteroatoms. The van der Waals surface area contributed by atoms with Crippen LogP contribution in [0.25, 0.3) is 6.08 Å². The zero-order chi connectivity index (χ0) is 30.0. The third-order valence-corrected chi connectivity index (χ3v) is 7.16. The van der Waals surface area contributed by atoms with E-state index in [0.717, 1.165) is 17.4 Å². The van der Waals surface area contributed by atoms with E-state index in [1.54, 1.807) is 32.0 Å². The first kappa shape index (κ1) is 29.3. The molecular formula is C28H29N3O9S. The van der Waals surface area contributed by atoms with Crippen LogP contribution >= 0.6 is 11.3 Å². The minimum absolute atomic E-state index is 0.112. The number of thiazole rings is 1. The Balaban J connectivity index is 1.97. The van der Waals surface area contributed by atoms with Gasteiger partial charge in [-0.15, -0.1) is 0 Å². The maximum atomic E-state index is 13.9. The number of hydrogen-bond acceptors (Lipinski definition) is 11. The molecule has 0 spiro atoms. The summed E-state index contributed by atoms with van der Waals surface area (Å²) in [5, 5.41) is 21.6. The number of esters is 1. The van der Waals surface area contributed by atoms with Crippen molar-refractivity contribution in [3.05, 3.63) is 82.5 Å². The number of nitro groups is 1. The van der Waals surface area contributed by atoms with Crippen molar-refractivity contribution < 1.29 is 33.8 Å². The van der Waals surface area contributed by atoms with E-state index < -0.39 is 33.9 Å². The summed E-state index contributed by atoms with van der Waals surface area (Å²) in [7, 11) is 2.76. The third-order valence-electron chi connectivity index (χ3n) is 6.17. The van der Waals surface area contributed by atoms with Gasteiger partial charge < -0.3 is 24.1 Å². The normalized spacial score (nSPS) is 14.9. The van der Waals surface area contributed by atoms with Crippen molar-refractivity contribution in [2.24, 2.45) is 4.99 Å². The Hall–Kier alpha value is -4.65. The van der Waals surface area contributed by atoms with Gasteiger partial charge in [0.15, 0.2) is 22.0 Å². The quantitative estimate of drug-likeness (QED) is 0.227. The fourth-order valence-corrected chi connectivity index (χ4v) is 5.50. The molecule has 2 aromatic carbocycles. The van der Waals surface area contributed by atoms with Crippen molar-refractivity contribution >= 4 is 29.1 Å². The number of nitrogens with zero attached hydrogens (tertiary/aromatic N) is 3. The Labute approximate surface area is 238 Å². The highest BCUT2D eigenvalue weighted by atomic mass is 32.1. The van der Waals surface area contributed by atoms with Crippen molar-refractivity contribution in [2.45, 2.75) is 39.8 Å². The van der Waals surface area contributed by atoms with Crippen LogP contribution in [0.4, 0.5) is 5.69 Å². The molecule has 216 valence electrons. The number of hydrogen-bond donors (Lipinski definition) is 1. The van der Waals surface area contributed by atoms with Gasteiger partial charge in [0.2, 0.25) is 5.75 Å². The second-order valence-corrected chi connectivity index (χ2v) is 10.2. The van der Waals surface area contributed by atoms with E-state index in [-0.39, 0.29) is 34.1 Å². The van der Waals surface area contributed by atoms with Crippen LogP contribution in [0.5, 0.6) is 23.0 Å². The van der Waals surface area contributed by atoms with Gasteiger partial charge in [0.1, 0.15) is 0 Å². The highest BCUT2D eigenvalue weighted by Gasteiger charge is 2.34. The Morgan fingerprint density at radius 2 is 1.90 bits per heavy atom. The van der Waals surface area contributed by atoms with Crippen LogP contribution < -0.4 is 29.1 Å². The maximum absolute atomic E-state index is 13.9. The number of carbonyl (C=O) groups excluding carboxylic acids is 1. The van der Waals surface area contributed by atoms with Crippen LogP contribution in [0.15, 0.2) is 51.4 Å². The van der Waals surface area contributed by atoms with Gasteiger partial charge >= 0.3 is 11.7 Å². The van der Waals surface area contributed by atoms with E-state index in [4.69, 9.17) is 18.9 Å². The third kappa shape index (κ3) is 5.66. The monoisotopic (exact) mass is 583 g/mol. The van der Waals surface area contributed by atoms with E-state index in [9.17, 15) is 24.8 Å². The summed E-state index contributed by atoms with van der Waals surface area (Å²) in [6.07, 6.45) is 1.33. The second-order valence-electron chi connectivity index (χ2n) is 9.23. The average Bonchev–Trinajstić information content (AvgIpc) is 3.22. The van der Waals surface area contributed by atoms with Gasteiger partial charge in [0, 0.05) is 6.07 Å². The molecule has 2 heterocycles. The van der Waals surface area contributed by atoms with Crippen molar-refractivity contribution in [1.29, 1.82) is 0 Å². The minimum atomic E-state index is -0.904. The van der Waals surface area contributed by atoms with Gasteiger partial charge in [-0.25, -0.2) is 9.79 Å². The summed E-state index contributed by atoms with van der Waals surface area (Å²) in [6, 6.07) is 6.77. The van der Waals surface area contributed by atoms with Crippen LogP contribution in [0.3, 0.4) is 0 Å². The number of carbonyl (C=O) groups is 1. The van der Waals surface area contributed by atoms with Crippen LogP contribution in [0, 0.1) is 10.1 Å². The number of aromatic hydroxyl groups is 1. The molecule has 1 aliphatic rings. The lowest BCUT2D eigenvalue weighted by Gasteiger charge is -2.25. The molecule has 0 fully saturated rings. The lowest BCUT2D eigenvalue weighted by Crippen LogP contribution is -2.40. The van der Waals surface area contributed by atoms with Crippen molar-refractivity contribution in [3.8, 4) is 23.0 Å². The van der Waals surface area contributed by atoms with E-state index in [1.807, 2.05) is 13.8 Å². The zero-order valence-electron chi connectivity index (χ0n) is 23.3. The molecule has 0 saturated heterocycles. The number of aromatic nitrogens is 1. The van der Waals surface area contributed by atoms with E-state index in [1.165, 1.54) is 30.9 Å². The van der Waals surface area contributed by atoms with Crippen molar-refractivity contribution in [3.63, 3.8) is 0 Å². The number of phenolic OH excluding ortho intramolecular Hbond substituents is 1. The van der Waals surface area contributed by atoms with E-state index in [2.05, 4.69) is 4.99 Å². The standard InChI is InChI=1S/C28H29N3O9S/c1-7-39-27(34)23-15(4)29-28-30(24(23)17-8-9-19(40-14(2)3)20(13-17)37-5)26(33)22(41-28)12-16-10-18(31(35)36)25(32)21(11-16)38-6/h8-14,24,32H,7H2,1-6H3/b22-12-/t24-/m0/s1. The molecule has 0 saturated carbocycles. The van der Waals surface area contributed by atoms with Gasteiger partial charge in [-0.1, -0.05) is 17.4 Å². The number of ether oxygens (including phenoxy) is 4. The molecule has 0 aliphatic carbocycles. The summed E-state index contributed by atoms with van der Waals surface area (Å²) in [5.74, 6) is -0.440. The molecule has 3 aromatic rings. The topological polar surface area (TPSA) is 152 Å². The maximum Gasteiger partial charge on any atom is 0.338 e. The van der Waals surface area contributed by atoms with Crippen molar-refractivity contribution in [2.75, 3.05) is 20.8 Å². The number of nitro benzene ring substituents is 1. The lowest BCUT2D eigenvalue weighted by atomic mass is 9.95. The predicted molar refractivity (Wildman–Crippen MR) is 150 cm³/mol. The van der Waals surface area contributed by atoms with E-state index >= 15 is 0 Å². The first-order valence-electron chi connectivity index (χ1n) is 12.6. The molecule has 0 bridgehead atoms. The first-order valence-corrected chi connectivity index (χ1v) is 13.4. The van der Waals surface area contributed by atoms with Crippen LogP contribution in [0.1, 0.15) is 44.9 Å². The SMILES string of the molecule is CCOC(=O)C1=C(C)N=c2s/c(=C\c3cc(OC)c(O)c([N+](=O)[O-])c3)c(=O)n2[C@H]1c1ccc(OC(C)C)c(OC)c1. The highest BCUT2D eigenvalue weighted by Crippen LogP contribution is 2.38. The summed E-state index contributed by atoms with van der Waals surface area (Å²) in [4.78, 5) is 42.6. The highest BCUT2D eigenvalue weighted by molar-refractivity contribution is 7.07. The summed E-state index contributed by atoms with van der Waals surface area (Å²) in [5.41, 5.74) is 0.329. The molecule has 1 N–H and O–H groups in total. The molecular weight excluding hydrogens is 554 g/mol. The van der Waals surface area contributed by atoms with Gasteiger partial charge in [-0.3, -0.25) is 19.5 Å².